The fourth-order valence-electron chi connectivity index (χ4n) is 2.44. The molecule has 1 saturated carbocycles. The van der Waals surface area contributed by atoms with Crippen molar-refractivity contribution in [1.29, 1.82) is 0 Å². The summed E-state index contributed by atoms with van der Waals surface area (Å²) in [5.74, 6) is 0.217. The van der Waals surface area contributed by atoms with Crippen molar-refractivity contribution in [2.75, 3.05) is 6.61 Å². The summed E-state index contributed by atoms with van der Waals surface area (Å²) < 4.78 is 38.8. The Morgan fingerprint density at radius 3 is 2.39 bits per heavy atom. The van der Waals surface area contributed by atoms with Crippen LogP contribution in [-0.4, -0.2) is 6.61 Å². The molecule has 1 aromatic carbocycles. The topological polar surface area (TPSA) is 9.23 Å². The zero-order valence-electron chi connectivity index (χ0n) is 15.4. The average Bonchev–Trinajstić information content (AvgIpc) is 2.43. The highest BCUT2D eigenvalue weighted by Gasteiger charge is 2.21. The third-order valence-corrected chi connectivity index (χ3v) is 3.46. The van der Waals surface area contributed by atoms with E-state index in [1.165, 1.54) is 0 Å². The first-order valence-corrected chi connectivity index (χ1v) is 7.03. The van der Waals surface area contributed by atoms with Gasteiger partial charge in [0.25, 0.3) is 0 Å². The first kappa shape index (κ1) is 9.01. The van der Waals surface area contributed by atoms with E-state index in [4.69, 9.17) is 10.2 Å². The molecule has 1 heteroatoms. The second kappa shape index (κ2) is 6.82. The summed E-state index contributed by atoms with van der Waals surface area (Å²) in [5, 5.41) is 0. The van der Waals surface area contributed by atoms with E-state index in [9.17, 15) is 0 Å². The van der Waals surface area contributed by atoms with Crippen molar-refractivity contribution in [2.45, 2.75) is 58.2 Å². The number of ether oxygens (including phenoxy) is 1. The monoisotopic (exact) mass is 250 g/mol. The summed E-state index contributed by atoms with van der Waals surface area (Å²) in [6.45, 7) is 4.54. The summed E-state index contributed by atoms with van der Waals surface area (Å²) >= 11 is 0. The Morgan fingerprint density at radius 1 is 1.17 bits per heavy atom. The number of rotatable bonds is 5. The molecule has 1 nitrogen and oxygen atoms in total. The molecule has 0 radical (unpaired) electrons. The molecule has 0 N–H and O–H groups in total. The predicted octanol–water partition coefficient (Wildman–Crippen LogP) is 5.16. The largest absolute Gasteiger partial charge is 0.494 e. The van der Waals surface area contributed by atoms with Gasteiger partial charge in [-0.1, -0.05) is 31.9 Å². The zero-order chi connectivity index (χ0) is 16.4. The fraction of sp³-hybridized carbons (Fsp3) is 0.647. The summed E-state index contributed by atoms with van der Waals surface area (Å²) in [6, 6.07) is 7.67. The van der Waals surface area contributed by atoms with Gasteiger partial charge in [0.2, 0.25) is 0 Å². The van der Waals surface area contributed by atoms with Gasteiger partial charge in [0.05, 0.1) is 6.61 Å². The Kier molecular flexibility index (Phi) is 3.41. The van der Waals surface area contributed by atoms with Gasteiger partial charge in [0, 0.05) is 5.48 Å². The van der Waals surface area contributed by atoms with E-state index in [-0.39, 0.29) is 5.92 Å². The second-order valence-corrected chi connectivity index (χ2v) is 4.86. The van der Waals surface area contributed by atoms with Crippen LogP contribution in [0, 0.1) is 5.92 Å². The average molecular weight is 250 g/mol. The highest BCUT2D eigenvalue weighted by atomic mass is 16.5. The van der Waals surface area contributed by atoms with Gasteiger partial charge in [-0.15, -0.1) is 0 Å². The maximum absolute atomic E-state index is 8.33. The van der Waals surface area contributed by atoms with Crippen LogP contribution in [-0.2, 0) is 0 Å². The molecule has 0 aromatic heterocycles. The van der Waals surface area contributed by atoms with Crippen LogP contribution in [0.15, 0.2) is 24.3 Å². The number of benzene rings is 1. The molecule has 0 atom stereocenters. The molecule has 0 heterocycles. The van der Waals surface area contributed by atoms with Gasteiger partial charge in [-0.2, -0.15) is 0 Å². The molecule has 18 heavy (non-hydrogen) atoms. The summed E-state index contributed by atoms with van der Waals surface area (Å²) in [4.78, 5) is 0. The molecule has 2 rings (SSSR count). The normalized spacial score (nSPS) is 32.8. The molecule has 1 aromatic rings. The van der Waals surface area contributed by atoms with Crippen LogP contribution >= 0.6 is 0 Å². The Hall–Kier alpha value is -0.980. The van der Waals surface area contributed by atoms with Gasteiger partial charge in [-0.3, -0.25) is 0 Å². The lowest BCUT2D eigenvalue weighted by atomic mass is 9.77. The van der Waals surface area contributed by atoms with E-state index in [1.807, 2.05) is 38.1 Å². The van der Waals surface area contributed by atoms with Crippen LogP contribution in [0.3, 0.4) is 0 Å². The Morgan fingerprint density at radius 2 is 1.83 bits per heavy atom. The van der Waals surface area contributed by atoms with E-state index in [0.29, 0.717) is 25.9 Å². The number of hydrogen-bond donors (Lipinski definition) is 0. The minimum absolute atomic E-state index is 0.0752. The van der Waals surface area contributed by atoms with Crippen molar-refractivity contribution in [3.8, 4) is 5.75 Å². The first-order chi connectivity index (χ1) is 10.3. The fourth-order valence-corrected chi connectivity index (χ4v) is 2.44. The standard InChI is InChI=1S/C17H26O/c1-3-5-14-6-8-15(9-7-14)16-10-12-17(13-11-16)18-4-2/h10-15H,3-9H2,1-2H3/i6D2,7D2. The Bertz CT molecular complexity index is 466. The van der Waals surface area contributed by atoms with Gasteiger partial charge >= 0.3 is 0 Å². The quantitative estimate of drug-likeness (QED) is 0.701. The molecular weight excluding hydrogens is 220 g/mol. The van der Waals surface area contributed by atoms with Gasteiger partial charge < -0.3 is 4.74 Å². The molecule has 0 unspecified atom stereocenters. The van der Waals surface area contributed by atoms with E-state index >= 15 is 0 Å². The molecule has 0 amide bonds. The smallest absolute Gasteiger partial charge is 0.119 e. The van der Waals surface area contributed by atoms with E-state index in [0.717, 1.165) is 17.7 Å². The van der Waals surface area contributed by atoms with Crippen molar-refractivity contribution < 1.29 is 10.2 Å². The predicted molar refractivity (Wildman–Crippen MR) is 77.2 cm³/mol. The maximum atomic E-state index is 8.33. The lowest BCUT2D eigenvalue weighted by Gasteiger charge is -2.28. The lowest BCUT2D eigenvalue weighted by Crippen LogP contribution is -2.13. The van der Waals surface area contributed by atoms with Crippen LogP contribution in [0.5, 0.6) is 5.75 Å². The first-order valence-electron chi connectivity index (χ1n) is 9.03. The van der Waals surface area contributed by atoms with Crippen LogP contribution in [0.25, 0.3) is 0 Å². The van der Waals surface area contributed by atoms with Crippen LogP contribution in [0.2, 0.25) is 0 Å². The maximum Gasteiger partial charge on any atom is 0.119 e. The highest BCUT2D eigenvalue weighted by Crippen LogP contribution is 2.37. The second-order valence-electron chi connectivity index (χ2n) is 4.86. The summed E-state index contributed by atoms with van der Waals surface area (Å²) in [7, 11) is 0. The highest BCUT2D eigenvalue weighted by molar-refractivity contribution is 5.29. The zero-order valence-corrected chi connectivity index (χ0v) is 11.4. The van der Waals surface area contributed by atoms with Crippen LogP contribution in [0.1, 0.15) is 69.2 Å². The third-order valence-electron chi connectivity index (χ3n) is 3.46. The van der Waals surface area contributed by atoms with E-state index in [2.05, 4.69) is 0 Å². The molecule has 0 bridgehead atoms. The van der Waals surface area contributed by atoms with Crippen molar-refractivity contribution in [2.24, 2.45) is 5.92 Å². The van der Waals surface area contributed by atoms with Crippen LogP contribution in [0.4, 0.5) is 0 Å². The molecular formula is C17H26O. The minimum atomic E-state index is -1.46. The third kappa shape index (κ3) is 3.51. The summed E-state index contributed by atoms with van der Waals surface area (Å²) in [6.07, 6.45) is -0.703. The van der Waals surface area contributed by atoms with E-state index < -0.39 is 18.7 Å². The molecule has 0 aliphatic heterocycles. The minimum Gasteiger partial charge on any atom is -0.494 e. The number of hydrogen-bond acceptors (Lipinski definition) is 1. The van der Waals surface area contributed by atoms with Crippen molar-refractivity contribution in [3.63, 3.8) is 0 Å². The lowest BCUT2D eigenvalue weighted by molar-refractivity contribution is 0.308. The van der Waals surface area contributed by atoms with Gasteiger partial charge in [-0.05, 0) is 62.0 Å². The van der Waals surface area contributed by atoms with Crippen molar-refractivity contribution in [3.05, 3.63) is 29.8 Å². The van der Waals surface area contributed by atoms with Gasteiger partial charge in [0.1, 0.15) is 5.75 Å². The van der Waals surface area contributed by atoms with E-state index in [1.54, 1.807) is 0 Å². The Balaban J connectivity index is 2.20. The summed E-state index contributed by atoms with van der Waals surface area (Å²) in [5.41, 5.74) is 1.01. The molecule has 0 spiro atoms. The van der Waals surface area contributed by atoms with Crippen molar-refractivity contribution >= 4 is 0 Å². The van der Waals surface area contributed by atoms with Gasteiger partial charge in [0.15, 0.2) is 0 Å². The molecule has 1 aliphatic rings. The Labute approximate surface area is 117 Å². The van der Waals surface area contributed by atoms with Crippen LogP contribution < -0.4 is 4.74 Å². The SMILES string of the molecule is [2H]C1([2H])CC(c2ccc(OCC)cc2)CC([2H])([2H])C1CCC. The molecule has 0 saturated heterocycles. The van der Waals surface area contributed by atoms with Crippen molar-refractivity contribution in [1.82, 2.24) is 0 Å². The van der Waals surface area contributed by atoms with Gasteiger partial charge in [-0.25, -0.2) is 0 Å². The molecule has 100 valence electrons. The molecule has 1 aliphatic carbocycles. The molecule has 1 fully saturated rings.